The van der Waals surface area contributed by atoms with Crippen molar-refractivity contribution < 1.29 is 4.79 Å². The molecule has 0 atom stereocenters. The predicted molar refractivity (Wildman–Crippen MR) is 83.3 cm³/mol. The highest BCUT2D eigenvalue weighted by Gasteiger charge is 2.11. The van der Waals surface area contributed by atoms with Crippen LogP contribution in [0.2, 0.25) is 0 Å². The number of hydrogen-bond acceptors (Lipinski definition) is 3. The van der Waals surface area contributed by atoms with Gasteiger partial charge in [0.15, 0.2) is 0 Å². The summed E-state index contributed by atoms with van der Waals surface area (Å²) in [5, 5.41) is 2.83. The molecule has 1 heterocycles. The molecule has 0 bridgehead atoms. The van der Waals surface area contributed by atoms with Gasteiger partial charge in [-0.25, -0.2) is 0 Å². The van der Waals surface area contributed by atoms with Crippen molar-refractivity contribution in [1.82, 2.24) is 0 Å². The third-order valence-corrected chi connectivity index (χ3v) is 5.16. The van der Waals surface area contributed by atoms with Gasteiger partial charge in [0.1, 0.15) is 0 Å². The van der Waals surface area contributed by atoms with Gasteiger partial charge in [0.2, 0.25) is 0 Å². The van der Waals surface area contributed by atoms with E-state index in [1.54, 1.807) is 18.2 Å². The van der Waals surface area contributed by atoms with Gasteiger partial charge in [0.05, 0.1) is 8.66 Å². The summed E-state index contributed by atoms with van der Waals surface area (Å²) in [6, 6.07) is 7.15. The zero-order valence-electron chi connectivity index (χ0n) is 9.46. The third-order valence-electron chi connectivity index (χ3n) is 2.34. The maximum Gasteiger partial charge on any atom is 0.265 e. The van der Waals surface area contributed by atoms with Gasteiger partial charge in [-0.3, -0.25) is 4.79 Å². The lowest BCUT2D eigenvalue weighted by Crippen LogP contribution is -2.10. The molecule has 6 heteroatoms. The maximum absolute atomic E-state index is 12.0. The van der Waals surface area contributed by atoms with E-state index in [0.717, 1.165) is 13.8 Å². The highest BCUT2D eigenvalue weighted by atomic mass is 79.9. The number of aryl methyl sites for hydroxylation is 1. The average Bonchev–Trinajstić information content (AvgIpc) is 2.65. The third kappa shape index (κ3) is 2.93. The van der Waals surface area contributed by atoms with Gasteiger partial charge in [0, 0.05) is 15.8 Å². The standard InChI is InChI=1S/C12H10Br2N2OS/c1-6-4-10(18-11(6)14)12(17)16-7-2-3-9(15)8(13)5-7/h2-5H,15H2,1H3,(H,16,17). The molecule has 1 amide bonds. The molecule has 2 rings (SSSR count). The largest absolute Gasteiger partial charge is 0.398 e. The molecule has 0 fully saturated rings. The van der Waals surface area contributed by atoms with Crippen LogP contribution in [0.3, 0.4) is 0 Å². The van der Waals surface area contributed by atoms with E-state index in [1.807, 2.05) is 13.0 Å². The van der Waals surface area contributed by atoms with Crippen LogP contribution in [0.25, 0.3) is 0 Å². The van der Waals surface area contributed by atoms with Gasteiger partial charge >= 0.3 is 0 Å². The number of benzene rings is 1. The molecule has 1 aromatic heterocycles. The summed E-state index contributed by atoms with van der Waals surface area (Å²) >= 11 is 8.15. The number of amides is 1. The molecule has 0 aliphatic carbocycles. The Bertz CT molecular complexity index is 591. The summed E-state index contributed by atoms with van der Waals surface area (Å²) < 4.78 is 1.75. The van der Waals surface area contributed by atoms with Crippen LogP contribution in [-0.4, -0.2) is 5.91 Å². The zero-order chi connectivity index (χ0) is 13.3. The Morgan fingerprint density at radius 1 is 1.33 bits per heavy atom. The highest BCUT2D eigenvalue weighted by molar-refractivity contribution is 9.11. The number of nitrogens with one attached hydrogen (secondary N) is 1. The zero-order valence-corrected chi connectivity index (χ0v) is 13.4. The van der Waals surface area contributed by atoms with Crippen molar-refractivity contribution in [3.8, 4) is 0 Å². The van der Waals surface area contributed by atoms with Gasteiger partial charge < -0.3 is 11.1 Å². The van der Waals surface area contributed by atoms with Crippen LogP contribution in [-0.2, 0) is 0 Å². The molecule has 3 N–H and O–H groups in total. The maximum atomic E-state index is 12.0. The molecule has 0 unspecified atom stereocenters. The number of hydrogen-bond donors (Lipinski definition) is 2. The van der Waals surface area contributed by atoms with E-state index in [0.29, 0.717) is 16.3 Å². The summed E-state index contributed by atoms with van der Waals surface area (Å²) in [4.78, 5) is 12.7. The SMILES string of the molecule is Cc1cc(C(=O)Nc2ccc(N)c(Br)c2)sc1Br. The summed E-state index contributed by atoms with van der Waals surface area (Å²) in [5.74, 6) is -0.120. The quantitative estimate of drug-likeness (QED) is 0.747. The number of anilines is 2. The number of rotatable bonds is 2. The van der Waals surface area contributed by atoms with Crippen LogP contribution in [0.1, 0.15) is 15.2 Å². The number of carbonyl (C=O) groups is 1. The summed E-state index contributed by atoms with van der Waals surface area (Å²) in [6.45, 7) is 1.96. The molecule has 0 spiro atoms. The van der Waals surface area contributed by atoms with Crippen molar-refractivity contribution >= 4 is 60.5 Å². The van der Waals surface area contributed by atoms with Crippen LogP contribution in [0.4, 0.5) is 11.4 Å². The minimum Gasteiger partial charge on any atom is -0.398 e. The fraction of sp³-hybridized carbons (Fsp3) is 0.0833. The number of halogens is 2. The first-order chi connectivity index (χ1) is 8.47. The summed E-state index contributed by atoms with van der Waals surface area (Å²) in [7, 11) is 0. The van der Waals surface area contributed by atoms with E-state index >= 15 is 0 Å². The van der Waals surface area contributed by atoms with E-state index < -0.39 is 0 Å². The number of nitrogens with two attached hydrogens (primary N) is 1. The molecule has 2 aromatic rings. The van der Waals surface area contributed by atoms with Crippen LogP contribution in [0, 0.1) is 6.92 Å². The molecule has 0 aliphatic heterocycles. The second-order valence-electron chi connectivity index (χ2n) is 3.76. The fourth-order valence-corrected chi connectivity index (χ4v) is 3.18. The van der Waals surface area contributed by atoms with Gasteiger partial charge in [-0.15, -0.1) is 11.3 Å². The molecule has 3 nitrogen and oxygen atoms in total. The predicted octanol–water partition coefficient (Wildman–Crippen LogP) is 4.42. The Morgan fingerprint density at radius 3 is 2.61 bits per heavy atom. The second kappa shape index (κ2) is 5.42. The van der Waals surface area contributed by atoms with Gasteiger partial charge in [-0.2, -0.15) is 0 Å². The molecular weight excluding hydrogens is 380 g/mol. The Balaban J connectivity index is 2.18. The number of carbonyl (C=O) groups excluding carboxylic acids is 1. The molecule has 0 saturated heterocycles. The number of nitrogen functional groups attached to an aromatic ring is 1. The summed E-state index contributed by atoms with van der Waals surface area (Å²) in [5.41, 5.74) is 8.10. The van der Waals surface area contributed by atoms with Crippen molar-refractivity contribution in [2.45, 2.75) is 6.92 Å². The lowest BCUT2D eigenvalue weighted by Gasteiger charge is -2.05. The van der Waals surface area contributed by atoms with Crippen molar-refractivity contribution in [2.75, 3.05) is 11.1 Å². The molecule has 0 aliphatic rings. The fourth-order valence-electron chi connectivity index (χ4n) is 1.37. The molecule has 94 valence electrons. The van der Waals surface area contributed by atoms with E-state index in [1.165, 1.54) is 11.3 Å². The average molecular weight is 390 g/mol. The molecular formula is C12H10Br2N2OS. The first-order valence-corrected chi connectivity index (χ1v) is 7.50. The van der Waals surface area contributed by atoms with Crippen LogP contribution < -0.4 is 11.1 Å². The second-order valence-corrected chi connectivity index (χ2v) is 6.98. The molecule has 0 saturated carbocycles. The van der Waals surface area contributed by atoms with Crippen molar-refractivity contribution in [1.29, 1.82) is 0 Å². The van der Waals surface area contributed by atoms with Crippen LogP contribution in [0.15, 0.2) is 32.5 Å². The lowest BCUT2D eigenvalue weighted by atomic mass is 10.2. The molecule has 18 heavy (non-hydrogen) atoms. The minimum atomic E-state index is -0.120. The van der Waals surface area contributed by atoms with E-state index in [-0.39, 0.29) is 5.91 Å². The van der Waals surface area contributed by atoms with Gasteiger partial charge in [0.25, 0.3) is 5.91 Å². The van der Waals surface area contributed by atoms with E-state index in [4.69, 9.17) is 5.73 Å². The smallest absolute Gasteiger partial charge is 0.265 e. The Hall–Kier alpha value is -0.850. The Kier molecular flexibility index (Phi) is 4.09. The Labute approximate surface area is 126 Å². The topological polar surface area (TPSA) is 55.1 Å². The summed E-state index contributed by atoms with van der Waals surface area (Å²) in [6.07, 6.45) is 0. The van der Waals surface area contributed by atoms with Crippen molar-refractivity contribution in [2.24, 2.45) is 0 Å². The first-order valence-electron chi connectivity index (χ1n) is 5.09. The van der Waals surface area contributed by atoms with Crippen molar-refractivity contribution in [3.05, 3.63) is 43.0 Å². The van der Waals surface area contributed by atoms with E-state index in [9.17, 15) is 4.79 Å². The van der Waals surface area contributed by atoms with Crippen molar-refractivity contribution in [3.63, 3.8) is 0 Å². The van der Waals surface area contributed by atoms with Crippen LogP contribution in [0.5, 0.6) is 0 Å². The normalized spacial score (nSPS) is 10.4. The monoisotopic (exact) mass is 388 g/mol. The van der Waals surface area contributed by atoms with Gasteiger partial charge in [-0.1, -0.05) is 0 Å². The number of thiophene rings is 1. The van der Waals surface area contributed by atoms with Crippen LogP contribution >= 0.6 is 43.2 Å². The molecule has 1 aromatic carbocycles. The molecule has 0 radical (unpaired) electrons. The van der Waals surface area contributed by atoms with Gasteiger partial charge in [-0.05, 0) is 68.6 Å². The Morgan fingerprint density at radius 2 is 2.06 bits per heavy atom. The first kappa shape index (κ1) is 13.6. The van der Waals surface area contributed by atoms with E-state index in [2.05, 4.69) is 37.2 Å². The lowest BCUT2D eigenvalue weighted by molar-refractivity contribution is 0.103. The highest BCUT2D eigenvalue weighted by Crippen LogP contribution is 2.28. The minimum absolute atomic E-state index is 0.120.